The number of aliphatic hydroxyl groups excluding tert-OH is 2. The van der Waals surface area contributed by atoms with Gasteiger partial charge in [0.1, 0.15) is 22.8 Å². The van der Waals surface area contributed by atoms with E-state index in [0.717, 1.165) is 24.2 Å². The van der Waals surface area contributed by atoms with Gasteiger partial charge in [-0.15, -0.1) is 0 Å². The summed E-state index contributed by atoms with van der Waals surface area (Å²) in [5, 5.41) is 53.2. The monoisotopic (exact) mass is 498 g/mol. The molecule has 4 rings (SSSR count). The van der Waals surface area contributed by atoms with Crippen LogP contribution in [-0.4, -0.2) is 86.5 Å². The summed E-state index contributed by atoms with van der Waals surface area (Å²) < 4.78 is 0. The number of aromatic hydroxyl groups is 1. The van der Waals surface area contributed by atoms with Gasteiger partial charge in [0.05, 0.1) is 17.3 Å². The highest BCUT2D eigenvalue weighted by atomic mass is 16.3. The molecule has 0 saturated heterocycles. The molecule has 0 heterocycles. The average molecular weight is 499 g/mol. The Balaban J connectivity index is 1.92. The molecule has 3 aliphatic rings. The molecule has 0 radical (unpaired) electrons. The first-order chi connectivity index (χ1) is 16.9. The van der Waals surface area contributed by atoms with Gasteiger partial charge in [0.15, 0.2) is 5.60 Å². The topological polar surface area (TPSA) is 171 Å². The van der Waals surface area contributed by atoms with Gasteiger partial charge >= 0.3 is 0 Å². The molecule has 0 spiro atoms. The van der Waals surface area contributed by atoms with E-state index >= 15 is 0 Å². The molecule has 194 valence electrons. The van der Waals surface area contributed by atoms with Crippen molar-refractivity contribution in [3.63, 3.8) is 0 Å². The van der Waals surface area contributed by atoms with Gasteiger partial charge in [-0.1, -0.05) is 19.9 Å². The molecule has 0 aliphatic heterocycles. The van der Waals surface area contributed by atoms with Crippen molar-refractivity contribution < 1.29 is 30.0 Å². The average Bonchev–Trinajstić information content (AvgIpc) is 2.80. The second-order valence-corrected chi connectivity index (χ2v) is 10.1. The second-order valence-electron chi connectivity index (χ2n) is 10.1. The number of primary amides is 1. The minimum absolute atomic E-state index is 0.0992. The van der Waals surface area contributed by atoms with E-state index in [1.165, 1.54) is 6.07 Å². The number of aliphatic hydroxyl groups is 3. The van der Waals surface area contributed by atoms with Gasteiger partial charge in [-0.25, -0.2) is 0 Å². The number of amides is 1. The quantitative estimate of drug-likeness (QED) is 0.340. The standard InChI is InChI=1S/C26H34N4O6/c1-5-30(6-2)11-12-7-8-16(31)18-14(12)9-13-10-15-21(29(3)4)20(27)19(25(28)35)24(34)26(15,36)23(33)17(13)22(18)32/h7-8,13,15,21,27,31-32,34,36H,5-6,9-11H2,1-4H3,(H2,28,35)/t13-,15-,21+,26-/m0/s1. The Kier molecular flexibility index (Phi) is 6.48. The van der Waals surface area contributed by atoms with Crippen LogP contribution < -0.4 is 5.73 Å². The maximum absolute atomic E-state index is 13.9. The van der Waals surface area contributed by atoms with Crippen LogP contribution in [0.1, 0.15) is 37.0 Å². The van der Waals surface area contributed by atoms with Gasteiger partial charge in [0.25, 0.3) is 5.91 Å². The lowest BCUT2D eigenvalue weighted by atomic mass is 9.57. The molecule has 1 fully saturated rings. The Morgan fingerprint density at radius 1 is 1.19 bits per heavy atom. The number of benzene rings is 1. The molecular weight excluding hydrogens is 464 g/mol. The van der Waals surface area contributed by atoms with Crippen molar-refractivity contribution in [2.24, 2.45) is 17.6 Å². The van der Waals surface area contributed by atoms with Gasteiger partial charge in [0.2, 0.25) is 5.78 Å². The van der Waals surface area contributed by atoms with Crippen molar-refractivity contribution in [3.05, 3.63) is 45.7 Å². The molecule has 1 saturated carbocycles. The number of ketones is 1. The summed E-state index contributed by atoms with van der Waals surface area (Å²) in [5.74, 6) is -5.14. The normalized spacial score (nSPS) is 27.9. The maximum Gasteiger partial charge on any atom is 0.254 e. The molecule has 1 aromatic carbocycles. The summed E-state index contributed by atoms with van der Waals surface area (Å²) in [6, 6.07) is 2.42. The fraction of sp³-hybridized carbons (Fsp3) is 0.500. The Morgan fingerprint density at radius 2 is 1.83 bits per heavy atom. The lowest BCUT2D eigenvalue weighted by Crippen LogP contribution is -2.65. The largest absolute Gasteiger partial charge is 0.508 e. The number of phenolic OH excluding ortho intramolecular Hbond substituents is 1. The molecule has 7 N–H and O–H groups in total. The Bertz CT molecular complexity index is 1220. The van der Waals surface area contributed by atoms with Crippen LogP contribution in [0.25, 0.3) is 5.76 Å². The van der Waals surface area contributed by atoms with Crippen LogP contribution >= 0.6 is 0 Å². The smallest absolute Gasteiger partial charge is 0.254 e. The summed E-state index contributed by atoms with van der Waals surface area (Å²) in [6.07, 6.45) is 0.488. The molecule has 0 unspecified atom stereocenters. The van der Waals surface area contributed by atoms with Crippen molar-refractivity contribution in [1.29, 1.82) is 5.41 Å². The fourth-order valence-corrected chi connectivity index (χ4v) is 6.21. The van der Waals surface area contributed by atoms with Crippen LogP contribution in [0.2, 0.25) is 0 Å². The lowest BCUT2D eigenvalue weighted by Gasteiger charge is -2.51. The van der Waals surface area contributed by atoms with Crippen molar-refractivity contribution in [1.82, 2.24) is 9.80 Å². The highest BCUT2D eigenvalue weighted by molar-refractivity contribution is 6.25. The predicted octanol–water partition coefficient (Wildman–Crippen LogP) is 1.26. The third kappa shape index (κ3) is 3.55. The van der Waals surface area contributed by atoms with Gasteiger partial charge in [-0.05, 0) is 63.1 Å². The number of Topliss-reactive ketones (excluding diaryl/α,β-unsaturated/α-hetero) is 1. The Hall–Kier alpha value is -3.21. The van der Waals surface area contributed by atoms with E-state index in [2.05, 4.69) is 4.90 Å². The first kappa shape index (κ1) is 25.9. The SMILES string of the molecule is CCN(CC)Cc1ccc(O)c2c1C[C@H]1C[C@H]3[C@@H](N(C)C)C(=N)C(C(N)=O)=C(O)[C@@]3(O)C(=O)C1=C2O. The number of hydrogen-bond donors (Lipinski definition) is 6. The first-order valence-electron chi connectivity index (χ1n) is 12.1. The van der Waals surface area contributed by atoms with E-state index in [0.29, 0.717) is 13.0 Å². The molecule has 10 heteroatoms. The fourth-order valence-electron chi connectivity index (χ4n) is 6.21. The Morgan fingerprint density at radius 3 is 2.39 bits per heavy atom. The second kappa shape index (κ2) is 9.02. The van der Waals surface area contributed by atoms with Gasteiger partial charge in [-0.2, -0.15) is 0 Å². The molecular formula is C26H34N4O6. The van der Waals surface area contributed by atoms with Crippen LogP contribution in [-0.2, 0) is 22.6 Å². The van der Waals surface area contributed by atoms with Crippen molar-refractivity contribution in [2.45, 2.75) is 44.9 Å². The van der Waals surface area contributed by atoms with E-state index in [1.54, 1.807) is 19.0 Å². The van der Waals surface area contributed by atoms with Crippen molar-refractivity contribution >= 4 is 23.2 Å². The third-order valence-corrected chi connectivity index (χ3v) is 8.04. The van der Waals surface area contributed by atoms with E-state index in [9.17, 15) is 30.0 Å². The van der Waals surface area contributed by atoms with E-state index in [-0.39, 0.29) is 29.0 Å². The van der Waals surface area contributed by atoms with Crippen LogP contribution in [0, 0.1) is 17.2 Å². The summed E-state index contributed by atoms with van der Waals surface area (Å²) in [6.45, 7) is 6.33. The summed E-state index contributed by atoms with van der Waals surface area (Å²) >= 11 is 0. The Labute approximate surface area is 209 Å². The number of hydrogen-bond acceptors (Lipinski definition) is 9. The summed E-state index contributed by atoms with van der Waals surface area (Å²) in [7, 11) is 3.31. The molecule has 0 bridgehead atoms. The number of fused-ring (bicyclic) bond motifs is 3. The molecule has 4 atom stereocenters. The van der Waals surface area contributed by atoms with E-state index in [1.807, 2.05) is 19.9 Å². The van der Waals surface area contributed by atoms with E-state index < -0.39 is 52.3 Å². The van der Waals surface area contributed by atoms with Crippen molar-refractivity contribution in [2.75, 3.05) is 27.2 Å². The van der Waals surface area contributed by atoms with Crippen LogP contribution in [0.5, 0.6) is 5.75 Å². The van der Waals surface area contributed by atoms with Crippen LogP contribution in [0.15, 0.2) is 29.0 Å². The molecule has 36 heavy (non-hydrogen) atoms. The zero-order valence-electron chi connectivity index (χ0n) is 21.0. The molecule has 3 aliphatic carbocycles. The third-order valence-electron chi connectivity index (χ3n) is 8.04. The van der Waals surface area contributed by atoms with Gasteiger partial charge < -0.3 is 36.5 Å². The number of nitrogens with one attached hydrogen (secondary N) is 1. The highest BCUT2D eigenvalue weighted by Crippen LogP contribution is 2.53. The van der Waals surface area contributed by atoms with Gasteiger partial charge in [-0.3, -0.25) is 14.5 Å². The molecule has 1 aromatic rings. The zero-order chi connectivity index (χ0) is 26.7. The number of carbonyl (C=O) groups excluding carboxylic acids is 2. The molecule has 1 amide bonds. The number of nitrogens with two attached hydrogens (primary N) is 1. The minimum Gasteiger partial charge on any atom is -0.508 e. The first-order valence-corrected chi connectivity index (χ1v) is 12.1. The molecule has 10 nitrogen and oxygen atoms in total. The zero-order valence-corrected chi connectivity index (χ0v) is 21.0. The number of carbonyl (C=O) groups is 2. The van der Waals surface area contributed by atoms with Crippen molar-refractivity contribution in [3.8, 4) is 5.75 Å². The minimum atomic E-state index is -2.55. The van der Waals surface area contributed by atoms with E-state index in [4.69, 9.17) is 11.1 Å². The van der Waals surface area contributed by atoms with Crippen LogP contribution in [0.4, 0.5) is 0 Å². The summed E-state index contributed by atoms with van der Waals surface area (Å²) in [4.78, 5) is 29.8. The lowest BCUT2D eigenvalue weighted by molar-refractivity contribution is -0.146. The summed E-state index contributed by atoms with van der Waals surface area (Å²) in [5.41, 5.74) is 3.71. The predicted molar refractivity (Wildman–Crippen MR) is 134 cm³/mol. The number of rotatable bonds is 6. The maximum atomic E-state index is 13.9. The van der Waals surface area contributed by atoms with Crippen LogP contribution in [0.3, 0.4) is 0 Å². The van der Waals surface area contributed by atoms with Gasteiger partial charge in [0, 0.05) is 18.0 Å². The molecule has 0 aromatic heterocycles. The highest BCUT2D eigenvalue weighted by Gasteiger charge is 2.63. The number of nitrogens with zero attached hydrogens (tertiary/aromatic N) is 2. The number of phenols is 1.